The molecule has 2 unspecified atom stereocenters. The molecule has 4 nitrogen and oxygen atoms in total. The summed E-state index contributed by atoms with van der Waals surface area (Å²) in [6.45, 7) is 0.795. The van der Waals surface area contributed by atoms with Crippen LogP contribution in [0, 0.1) is 11.2 Å². The number of benzene rings is 1. The van der Waals surface area contributed by atoms with E-state index in [1.54, 1.807) is 11.0 Å². The summed E-state index contributed by atoms with van der Waals surface area (Å²) in [7, 11) is 1.84. The molecule has 0 aromatic heterocycles. The van der Waals surface area contributed by atoms with Gasteiger partial charge >= 0.3 is 0 Å². The van der Waals surface area contributed by atoms with E-state index in [2.05, 4.69) is 5.32 Å². The molecule has 0 bridgehead atoms. The van der Waals surface area contributed by atoms with E-state index in [9.17, 15) is 14.0 Å². The maximum atomic E-state index is 13.2. The first-order valence-corrected chi connectivity index (χ1v) is 7.82. The molecule has 3 rings (SSSR count). The van der Waals surface area contributed by atoms with Crippen molar-refractivity contribution in [3.8, 4) is 0 Å². The van der Waals surface area contributed by atoms with Crippen LogP contribution in [0.3, 0.4) is 0 Å². The summed E-state index contributed by atoms with van der Waals surface area (Å²) in [5.74, 6) is -0.474. The van der Waals surface area contributed by atoms with E-state index in [0.717, 1.165) is 32.2 Å². The number of carbonyl (C=O) groups excluding carboxylic acids is 2. The fraction of sp³-hybridized carbons (Fsp3) is 0.529. The Morgan fingerprint density at radius 3 is 2.91 bits per heavy atom. The van der Waals surface area contributed by atoms with Gasteiger partial charge in [0, 0.05) is 25.2 Å². The lowest BCUT2D eigenvalue weighted by molar-refractivity contribution is -0.136. The van der Waals surface area contributed by atoms with Crippen molar-refractivity contribution in [1.29, 1.82) is 0 Å². The quantitative estimate of drug-likeness (QED) is 0.912. The van der Waals surface area contributed by atoms with Crippen LogP contribution in [-0.4, -0.2) is 36.3 Å². The summed E-state index contributed by atoms with van der Waals surface area (Å²) in [6.07, 6.45) is 4.28. The van der Waals surface area contributed by atoms with Crippen LogP contribution in [0.2, 0.25) is 0 Å². The predicted molar refractivity (Wildman–Crippen MR) is 80.8 cm³/mol. The highest BCUT2D eigenvalue weighted by atomic mass is 19.1. The summed E-state index contributed by atoms with van der Waals surface area (Å²) in [5.41, 5.74) is 0.0295. The average Bonchev–Trinajstić information content (AvgIpc) is 2.76. The minimum atomic E-state index is -0.416. The second kappa shape index (κ2) is 5.71. The van der Waals surface area contributed by atoms with Gasteiger partial charge in [0.05, 0.1) is 5.41 Å². The number of amides is 2. The van der Waals surface area contributed by atoms with Crippen molar-refractivity contribution in [3.63, 3.8) is 0 Å². The van der Waals surface area contributed by atoms with Crippen LogP contribution in [0.25, 0.3) is 0 Å². The van der Waals surface area contributed by atoms with Gasteiger partial charge < -0.3 is 10.2 Å². The van der Waals surface area contributed by atoms with E-state index in [1.807, 2.05) is 7.05 Å². The minimum absolute atomic E-state index is 0.0139. The zero-order valence-corrected chi connectivity index (χ0v) is 12.8. The van der Waals surface area contributed by atoms with Crippen molar-refractivity contribution in [3.05, 3.63) is 35.6 Å². The first-order valence-electron chi connectivity index (χ1n) is 7.82. The molecule has 1 aromatic rings. The molecule has 1 spiro atoms. The molecule has 0 radical (unpaired) electrons. The highest BCUT2D eigenvalue weighted by Crippen LogP contribution is 2.44. The molecule has 2 aliphatic rings. The molecule has 1 aliphatic carbocycles. The summed E-state index contributed by atoms with van der Waals surface area (Å²) < 4.78 is 13.2. The Morgan fingerprint density at radius 1 is 1.41 bits per heavy atom. The molecular weight excluding hydrogens is 283 g/mol. The van der Waals surface area contributed by atoms with Crippen LogP contribution in [-0.2, 0) is 4.79 Å². The Kier molecular flexibility index (Phi) is 3.89. The van der Waals surface area contributed by atoms with Gasteiger partial charge in [0.2, 0.25) is 5.91 Å². The van der Waals surface area contributed by atoms with Gasteiger partial charge in [-0.25, -0.2) is 4.39 Å². The van der Waals surface area contributed by atoms with Gasteiger partial charge in [-0.2, -0.15) is 0 Å². The monoisotopic (exact) mass is 304 g/mol. The van der Waals surface area contributed by atoms with Crippen molar-refractivity contribution in [2.24, 2.45) is 5.41 Å². The third-order valence-electron chi connectivity index (χ3n) is 4.99. The maximum Gasteiger partial charge on any atom is 0.251 e. The highest BCUT2D eigenvalue weighted by molar-refractivity contribution is 5.94. The van der Waals surface area contributed by atoms with Crippen molar-refractivity contribution in [1.82, 2.24) is 10.2 Å². The van der Waals surface area contributed by atoms with Gasteiger partial charge in [-0.1, -0.05) is 12.5 Å². The minimum Gasteiger partial charge on any atom is -0.349 e. The van der Waals surface area contributed by atoms with Gasteiger partial charge in [-0.3, -0.25) is 9.59 Å². The first kappa shape index (κ1) is 15.0. The number of likely N-dealkylation sites (tertiary alicyclic amines) is 1. The van der Waals surface area contributed by atoms with E-state index in [1.165, 1.54) is 18.2 Å². The summed E-state index contributed by atoms with van der Waals surface area (Å²) in [6, 6.07) is 5.68. The van der Waals surface area contributed by atoms with Gasteiger partial charge in [0.25, 0.3) is 5.91 Å². The number of carbonyl (C=O) groups is 2. The van der Waals surface area contributed by atoms with Gasteiger partial charge in [-0.15, -0.1) is 0 Å². The van der Waals surface area contributed by atoms with Crippen LogP contribution in [0.5, 0.6) is 0 Å². The highest BCUT2D eigenvalue weighted by Gasteiger charge is 2.48. The summed E-state index contributed by atoms with van der Waals surface area (Å²) >= 11 is 0. The van der Waals surface area contributed by atoms with Crippen molar-refractivity contribution >= 4 is 11.8 Å². The largest absolute Gasteiger partial charge is 0.349 e. The Morgan fingerprint density at radius 2 is 2.23 bits per heavy atom. The van der Waals surface area contributed by atoms with Crippen LogP contribution < -0.4 is 5.32 Å². The molecule has 1 N–H and O–H groups in total. The van der Waals surface area contributed by atoms with Gasteiger partial charge in [0.15, 0.2) is 0 Å². The summed E-state index contributed by atoms with van der Waals surface area (Å²) in [5, 5.41) is 2.97. The number of nitrogens with one attached hydrogen (secondary N) is 1. The molecule has 2 amide bonds. The Hall–Kier alpha value is -1.91. The lowest BCUT2D eigenvalue weighted by Crippen LogP contribution is -2.45. The number of hydrogen-bond donors (Lipinski definition) is 1. The van der Waals surface area contributed by atoms with Crippen LogP contribution in [0.1, 0.15) is 42.5 Å². The summed E-state index contributed by atoms with van der Waals surface area (Å²) in [4.78, 5) is 26.4. The lowest BCUT2D eigenvalue weighted by atomic mass is 9.71. The topological polar surface area (TPSA) is 49.4 Å². The Balaban J connectivity index is 1.68. The molecule has 5 heteroatoms. The zero-order chi connectivity index (χ0) is 15.7. The van der Waals surface area contributed by atoms with E-state index in [0.29, 0.717) is 12.0 Å². The number of hydrogen-bond acceptors (Lipinski definition) is 2. The van der Waals surface area contributed by atoms with Crippen molar-refractivity contribution in [2.75, 3.05) is 13.6 Å². The molecule has 1 aliphatic heterocycles. The fourth-order valence-corrected chi connectivity index (χ4v) is 3.80. The lowest BCUT2D eigenvalue weighted by Gasteiger charge is -2.36. The van der Waals surface area contributed by atoms with Gasteiger partial charge in [0.1, 0.15) is 5.82 Å². The molecule has 22 heavy (non-hydrogen) atoms. The average molecular weight is 304 g/mol. The Labute approximate surface area is 129 Å². The zero-order valence-electron chi connectivity index (χ0n) is 12.8. The molecule has 1 aromatic carbocycles. The van der Waals surface area contributed by atoms with Gasteiger partial charge in [-0.05, 0) is 43.9 Å². The Bertz CT molecular complexity index is 600. The third-order valence-corrected chi connectivity index (χ3v) is 4.99. The molecule has 1 saturated carbocycles. The maximum absolute atomic E-state index is 13.2. The van der Waals surface area contributed by atoms with Crippen LogP contribution in [0.4, 0.5) is 4.39 Å². The second-order valence-electron chi connectivity index (χ2n) is 6.53. The normalized spacial score (nSPS) is 28.2. The standard InChI is InChI=1S/C17H21FN2O2/c1-20-9-8-17(16(20)22)7-3-6-14(11-17)19-15(21)12-4-2-5-13(18)10-12/h2,4-5,10,14H,3,6-9,11H2,1H3,(H,19,21). The van der Waals surface area contributed by atoms with Crippen molar-refractivity contribution in [2.45, 2.75) is 38.1 Å². The van der Waals surface area contributed by atoms with E-state index < -0.39 is 5.82 Å². The van der Waals surface area contributed by atoms with E-state index in [-0.39, 0.29) is 23.3 Å². The van der Waals surface area contributed by atoms with E-state index >= 15 is 0 Å². The molecule has 1 saturated heterocycles. The predicted octanol–water partition coefficient (Wildman–Crippen LogP) is 2.35. The molecule has 2 atom stereocenters. The number of halogens is 1. The number of rotatable bonds is 2. The third kappa shape index (κ3) is 2.72. The van der Waals surface area contributed by atoms with E-state index in [4.69, 9.17) is 0 Å². The molecule has 2 fully saturated rings. The number of nitrogens with zero attached hydrogens (tertiary/aromatic N) is 1. The first-order chi connectivity index (χ1) is 10.5. The molecule has 118 valence electrons. The molecular formula is C17H21FN2O2. The molecule has 1 heterocycles. The van der Waals surface area contributed by atoms with Crippen molar-refractivity contribution < 1.29 is 14.0 Å². The smallest absolute Gasteiger partial charge is 0.251 e. The second-order valence-corrected chi connectivity index (χ2v) is 6.53. The van der Waals surface area contributed by atoms with Crippen LogP contribution >= 0.6 is 0 Å². The van der Waals surface area contributed by atoms with Crippen LogP contribution in [0.15, 0.2) is 24.3 Å². The fourth-order valence-electron chi connectivity index (χ4n) is 3.80. The SMILES string of the molecule is CN1CCC2(CCCC(NC(=O)c3cccc(F)c3)C2)C1=O.